The second-order valence-corrected chi connectivity index (χ2v) is 6.64. The van der Waals surface area contributed by atoms with Gasteiger partial charge in [-0.2, -0.15) is 0 Å². The van der Waals surface area contributed by atoms with E-state index in [0.717, 1.165) is 4.90 Å². The van der Waals surface area contributed by atoms with Gasteiger partial charge in [0.25, 0.3) is 16.8 Å². The second-order valence-electron chi connectivity index (χ2n) is 5.64. The quantitative estimate of drug-likeness (QED) is 0.467. The fourth-order valence-corrected chi connectivity index (χ4v) is 3.21. The van der Waals surface area contributed by atoms with Crippen molar-refractivity contribution in [2.45, 2.75) is 0 Å². The molecule has 1 heterocycles. The van der Waals surface area contributed by atoms with E-state index in [0.29, 0.717) is 17.3 Å². The van der Waals surface area contributed by atoms with Gasteiger partial charge >= 0.3 is 0 Å². The van der Waals surface area contributed by atoms with Gasteiger partial charge in [0.05, 0.1) is 15.5 Å². The van der Waals surface area contributed by atoms with Crippen molar-refractivity contribution in [2.24, 2.45) is 0 Å². The molecular weight excluding hydrogens is 389 g/mol. The molecule has 2 aromatic carbocycles. The van der Waals surface area contributed by atoms with Gasteiger partial charge in [-0.1, -0.05) is 12.1 Å². The number of carbonyl (C=O) groups excluding carboxylic acids is 3. The molecule has 1 saturated heterocycles. The minimum atomic E-state index is -0.719. The van der Waals surface area contributed by atoms with E-state index in [2.05, 4.69) is 5.32 Å². The molecule has 0 aromatic heterocycles. The molecule has 0 atom stereocenters. The molecule has 8 nitrogen and oxygen atoms in total. The van der Waals surface area contributed by atoms with E-state index in [-0.39, 0.29) is 16.3 Å². The molecule has 0 saturated carbocycles. The molecule has 0 bridgehead atoms. The summed E-state index contributed by atoms with van der Waals surface area (Å²) in [6.45, 7) is -0.559. The molecular formula is C18H12FN3O5S. The van der Waals surface area contributed by atoms with E-state index in [9.17, 15) is 28.9 Å². The van der Waals surface area contributed by atoms with Crippen molar-refractivity contribution < 1.29 is 23.7 Å². The first-order valence-electron chi connectivity index (χ1n) is 7.89. The Balaban J connectivity index is 1.70. The Hall–Kier alpha value is -3.53. The molecule has 28 heavy (non-hydrogen) atoms. The summed E-state index contributed by atoms with van der Waals surface area (Å²) in [5.41, 5.74) is 0.336. The Kier molecular flexibility index (Phi) is 5.50. The number of nitro groups is 1. The maximum absolute atomic E-state index is 13.6. The number of halogens is 1. The van der Waals surface area contributed by atoms with Crippen LogP contribution in [0.1, 0.15) is 5.56 Å². The van der Waals surface area contributed by atoms with E-state index in [4.69, 9.17) is 0 Å². The van der Waals surface area contributed by atoms with E-state index in [1.165, 1.54) is 54.6 Å². The Morgan fingerprint density at radius 3 is 2.50 bits per heavy atom. The van der Waals surface area contributed by atoms with Crippen molar-refractivity contribution in [1.29, 1.82) is 0 Å². The number of nitrogens with zero attached hydrogens (tertiary/aromatic N) is 2. The van der Waals surface area contributed by atoms with Crippen molar-refractivity contribution in [3.63, 3.8) is 0 Å². The standard InChI is InChI=1S/C18H12FN3O5S/c19-13-3-1-2-4-14(13)20-16(23)10-21-17(24)15(28-18(21)25)9-11-5-7-12(8-6-11)22(26)27/h1-9H,10H2,(H,20,23). The van der Waals surface area contributed by atoms with Crippen LogP contribution < -0.4 is 5.32 Å². The van der Waals surface area contributed by atoms with Crippen LogP contribution in [-0.2, 0) is 9.59 Å². The maximum atomic E-state index is 13.6. The maximum Gasteiger partial charge on any atom is 0.294 e. The van der Waals surface area contributed by atoms with Crippen molar-refractivity contribution in [1.82, 2.24) is 4.90 Å². The summed E-state index contributed by atoms with van der Waals surface area (Å²) in [7, 11) is 0. The number of nitro benzene ring substituents is 1. The smallest absolute Gasteiger partial charge is 0.294 e. The molecule has 1 N–H and O–H groups in total. The van der Waals surface area contributed by atoms with Gasteiger partial charge in [0.1, 0.15) is 12.4 Å². The van der Waals surface area contributed by atoms with Crippen LogP contribution in [0.3, 0.4) is 0 Å². The molecule has 142 valence electrons. The Morgan fingerprint density at radius 2 is 1.86 bits per heavy atom. The van der Waals surface area contributed by atoms with Gasteiger partial charge in [-0.25, -0.2) is 4.39 Å². The molecule has 3 rings (SSSR count). The van der Waals surface area contributed by atoms with Crippen LogP contribution >= 0.6 is 11.8 Å². The zero-order valence-corrected chi connectivity index (χ0v) is 14.9. The lowest BCUT2D eigenvalue weighted by Gasteiger charge is -2.12. The van der Waals surface area contributed by atoms with E-state index < -0.39 is 34.3 Å². The lowest BCUT2D eigenvalue weighted by molar-refractivity contribution is -0.384. The number of hydrogen-bond acceptors (Lipinski definition) is 6. The largest absolute Gasteiger partial charge is 0.322 e. The Morgan fingerprint density at radius 1 is 1.18 bits per heavy atom. The van der Waals surface area contributed by atoms with Crippen LogP contribution in [-0.4, -0.2) is 33.4 Å². The van der Waals surface area contributed by atoms with Crippen LogP contribution in [0.2, 0.25) is 0 Å². The SMILES string of the molecule is O=C(CN1C(=O)SC(=Cc2ccc([N+](=O)[O-])cc2)C1=O)Nc1ccccc1F. The highest BCUT2D eigenvalue weighted by molar-refractivity contribution is 8.18. The third kappa shape index (κ3) is 4.23. The van der Waals surface area contributed by atoms with Gasteiger partial charge in [0.2, 0.25) is 5.91 Å². The fraction of sp³-hybridized carbons (Fsp3) is 0.0556. The lowest BCUT2D eigenvalue weighted by Crippen LogP contribution is -2.36. The van der Waals surface area contributed by atoms with Crippen molar-refractivity contribution in [2.75, 3.05) is 11.9 Å². The highest BCUT2D eigenvalue weighted by atomic mass is 32.2. The third-order valence-electron chi connectivity index (χ3n) is 3.72. The number of rotatable bonds is 5. The number of imide groups is 1. The molecule has 0 spiro atoms. The number of nitrogens with one attached hydrogen (secondary N) is 1. The summed E-state index contributed by atoms with van der Waals surface area (Å²) >= 11 is 0.649. The summed E-state index contributed by atoms with van der Waals surface area (Å²) in [5.74, 6) is -2.02. The summed E-state index contributed by atoms with van der Waals surface area (Å²) in [6.07, 6.45) is 1.41. The predicted octanol–water partition coefficient (Wildman–Crippen LogP) is 3.41. The van der Waals surface area contributed by atoms with Gasteiger partial charge < -0.3 is 5.32 Å². The highest BCUT2D eigenvalue weighted by Gasteiger charge is 2.36. The number of anilines is 1. The second kappa shape index (κ2) is 8.01. The number of thioether (sulfide) groups is 1. The van der Waals surface area contributed by atoms with E-state index >= 15 is 0 Å². The summed E-state index contributed by atoms with van der Waals surface area (Å²) in [4.78, 5) is 47.5. The van der Waals surface area contributed by atoms with Crippen LogP contribution in [0.15, 0.2) is 53.4 Å². The molecule has 10 heteroatoms. The first kappa shape index (κ1) is 19.2. The average Bonchev–Trinajstić information content (AvgIpc) is 2.91. The summed E-state index contributed by atoms with van der Waals surface area (Å²) in [5, 5.41) is 12.3. The molecule has 0 radical (unpaired) electrons. The fourth-order valence-electron chi connectivity index (χ4n) is 2.38. The zero-order chi connectivity index (χ0) is 20.3. The van der Waals surface area contributed by atoms with E-state index in [1.807, 2.05) is 0 Å². The molecule has 1 aliphatic rings. The molecule has 2 aromatic rings. The normalized spacial score (nSPS) is 15.2. The minimum Gasteiger partial charge on any atom is -0.322 e. The van der Waals surface area contributed by atoms with E-state index in [1.54, 1.807) is 0 Å². The topological polar surface area (TPSA) is 110 Å². The van der Waals surface area contributed by atoms with Gasteiger partial charge in [-0.3, -0.25) is 29.4 Å². The van der Waals surface area contributed by atoms with Crippen molar-refractivity contribution >= 4 is 46.3 Å². The highest BCUT2D eigenvalue weighted by Crippen LogP contribution is 2.32. The van der Waals surface area contributed by atoms with Crippen LogP contribution in [0, 0.1) is 15.9 Å². The lowest BCUT2D eigenvalue weighted by atomic mass is 10.2. The summed E-state index contributed by atoms with van der Waals surface area (Å²) < 4.78 is 13.6. The van der Waals surface area contributed by atoms with Crippen LogP contribution in [0.4, 0.5) is 20.6 Å². The average molecular weight is 401 g/mol. The van der Waals surface area contributed by atoms with Crippen molar-refractivity contribution in [3.05, 3.63) is 74.9 Å². The number of para-hydroxylation sites is 1. The van der Waals surface area contributed by atoms with Gasteiger partial charge in [-0.05, 0) is 47.7 Å². The predicted molar refractivity (Wildman–Crippen MR) is 101 cm³/mol. The van der Waals surface area contributed by atoms with Gasteiger partial charge in [-0.15, -0.1) is 0 Å². The number of hydrogen-bond donors (Lipinski definition) is 1. The first-order valence-corrected chi connectivity index (χ1v) is 8.71. The Bertz CT molecular complexity index is 1010. The third-order valence-corrected chi connectivity index (χ3v) is 4.63. The molecule has 0 aliphatic carbocycles. The Labute approximate surface area is 162 Å². The number of benzene rings is 2. The summed E-state index contributed by atoms with van der Waals surface area (Å²) in [6, 6.07) is 11.0. The molecule has 1 fully saturated rings. The number of non-ortho nitro benzene ring substituents is 1. The molecule has 0 unspecified atom stereocenters. The number of carbonyl (C=O) groups is 3. The van der Waals surface area contributed by atoms with Crippen molar-refractivity contribution in [3.8, 4) is 0 Å². The number of amides is 3. The first-order chi connectivity index (χ1) is 13.3. The monoisotopic (exact) mass is 401 g/mol. The van der Waals surface area contributed by atoms with Gasteiger partial charge in [0, 0.05) is 12.1 Å². The minimum absolute atomic E-state index is 0.0547. The van der Waals surface area contributed by atoms with Crippen LogP contribution in [0.5, 0.6) is 0 Å². The molecule has 1 aliphatic heterocycles. The molecule has 3 amide bonds. The van der Waals surface area contributed by atoms with Crippen LogP contribution in [0.25, 0.3) is 6.08 Å². The van der Waals surface area contributed by atoms with Gasteiger partial charge in [0.15, 0.2) is 0 Å². The zero-order valence-electron chi connectivity index (χ0n) is 14.1.